The Labute approximate surface area is 111 Å². The van der Waals surface area contributed by atoms with Gasteiger partial charge in [0.05, 0.1) is 17.7 Å². The van der Waals surface area contributed by atoms with Gasteiger partial charge in [0, 0.05) is 18.6 Å². The van der Waals surface area contributed by atoms with Crippen molar-refractivity contribution in [2.75, 3.05) is 25.4 Å². The third-order valence-electron chi connectivity index (χ3n) is 4.04. The van der Waals surface area contributed by atoms with Crippen molar-refractivity contribution >= 4 is 23.6 Å². The van der Waals surface area contributed by atoms with Crippen LogP contribution < -0.4 is 11.3 Å². The molecule has 6 nitrogen and oxygen atoms in total. The predicted octanol–water partition coefficient (Wildman–Crippen LogP) is -0.638. The molecule has 0 radical (unpaired) electrons. The van der Waals surface area contributed by atoms with E-state index in [-0.39, 0.29) is 22.7 Å². The summed E-state index contributed by atoms with van der Waals surface area (Å²) in [7, 11) is 0. The van der Waals surface area contributed by atoms with Crippen LogP contribution in [0, 0.1) is 0 Å². The van der Waals surface area contributed by atoms with Gasteiger partial charge in [-0.1, -0.05) is 6.92 Å². The maximum atomic E-state index is 11.8. The number of nitrogens with one attached hydrogen (secondary N) is 1. The lowest BCUT2D eigenvalue weighted by atomic mass is 9.92. The van der Waals surface area contributed by atoms with Gasteiger partial charge < -0.3 is 4.90 Å². The average Bonchev–Trinajstić information content (AvgIpc) is 2.75. The number of fused-ring (bicyclic) bond motifs is 1. The topological polar surface area (TPSA) is 78.7 Å². The molecular weight excluding hydrogens is 252 g/mol. The summed E-state index contributed by atoms with van der Waals surface area (Å²) in [5.41, 5.74) is 2.01. The number of carbonyl (C=O) groups excluding carboxylic acids is 2. The van der Waals surface area contributed by atoms with Crippen molar-refractivity contribution in [1.82, 2.24) is 15.2 Å². The van der Waals surface area contributed by atoms with Crippen LogP contribution in [0.15, 0.2) is 0 Å². The number of hydrogen-bond donors (Lipinski definition) is 2. The molecule has 0 bridgehead atoms. The largest absolute Gasteiger partial charge is 0.327 e. The van der Waals surface area contributed by atoms with E-state index in [4.69, 9.17) is 5.84 Å². The first-order chi connectivity index (χ1) is 8.52. The summed E-state index contributed by atoms with van der Waals surface area (Å²) >= 11 is 1.68. The molecule has 0 spiro atoms. The molecule has 7 heteroatoms. The summed E-state index contributed by atoms with van der Waals surface area (Å²) in [5.74, 6) is 5.74. The van der Waals surface area contributed by atoms with Crippen LogP contribution in [0.5, 0.6) is 0 Å². The standard InChI is InChI=1S/C11H20N4O2S/c1-3-11(2)10-15(9(17)7-18-10)5-4-14(11)6-8(16)13-12/h10H,3-7,12H2,1-2H3,(H,13,16). The smallest absolute Gasteiger partial charge is 0.248 e. The van der Waals surface area contributed by atoms with E-state index in [1.165, 1.54) is 0 Å². The first-order valence-electron chi connectivity index (χ1n) is 6.18. The van der Waals surface area contributed by atoms with E-state index in [1.54, 1.807) is 11.8 Å². The number of piperazine rings is 1. The van der Waals surface area contributed by atoms with Crippen LogP contribution in [0.3, 0.4) is 0 Å². The second-order valence-electron chi connectivity index (χ2n) is 4.95. The molecule has 2 aliphatic heterocycles. The molecule has 2 unspecified atom stereocenters. The molecule has 0 aromatic heterocycles. The van der Waals surface area contributed by atoms with Gasteiger partial charge in [0.1, 0.15) is 0 Å². The van der Waals surface area contributed by atoms with Crippen LogP contribution in [-0.4, -0.2) is 57.9 Å². The average molecular weight is 272 g/mol. The van der Waals surface area contributed by atoms with E-state index in [1.807, 2.05) is 4.90 Å². The summed E-state index contributed by atoms with van der Waals surface area (Å²) in [5, 5.41) is 0.148. The zero-order chi connectivity index (χ0) is 13.3. The third kappa shape index (κ3) is 2.10. The normalized spacial score (nSPS) is 32.5. The Morgan fingerprint density at radius 2 is 2.33 bits per heavy atom. The van der Waals surface area contributed by atoms with Crippen LogP contribution in [0.2, 0.25) is 0 Å². The fourth-order valence-corrected chi connectivity index (χ4v) is 4.27. The Morgan fingerprint density at radius 3 is 2.94 bits per heavy atom. The molecule has 2 saturated heterocycles. The summed E-state index contributed by atoms with van der Waals surface area (Å²) < 4.78 is 0. The van der Waals surface area contributed by atoms with Gasteiger partial charge in [-0.2, -0.15) is 0 Å². The number of hydrazine groups is 1. The number of thioether (sulfide) groups is 1. The van der Waals surface area contributed by atoms with Crippen molar-refractivity contribution in [3.05, 3.63) is 0 Å². The quantitative estimate of drug-likeness (QED) is 0.406. The minimum atomic E-state index is -0.183. The minimum absolute atomic E-state index is 0.148. The van der Waals surface area contributed by atoms with E-state index >= 15 is 0 Å². The molecule has 2 rings (SSSR count). The van der Waals surface area contributed by atoms with E-state index in [0.29, 0.717) is 18.8 Å². The SMILES string of the molecule is CCC1(C)C2SCC(=O)N2CCN1CC(=O)NN. The molecule has 102 valence electrons. The first-order valence-corrected chi connectivity index (χ1v) is 7.23. The van der Waals surface area contributed by atoms with E-state index < -0.39 is 0 Å². The Balaban J connectivity index is 2.18. The van der Waals surface area contributed by atoms with E-state index in [2.05, 4.69) is 24.2 Å². The van der Waals surface area contributed by atoms with E-state index in [0.717, 1.165) is 13.0 Å². The Morgan fingerprint density at radius 1 is 1.61 bits per heavy atom. The van der Waals surface area contributed by atoms with Crippen LogP contribution in [0.4, 0.5) is 0 Å². The highest BCUT2D eigenvalue weighted by atomic mass is 32.2. The zero-order valence-corrected chi connectivity index (χ0v) is 11.6. The summed E-state index contributed by atoms with van der Waals surface area (Å²) in [6, 6.07) is 0. The van der Waals surface area contributed by atoms with Gasteiger partial charge in [-0.3, -0.25) is 19.9 Å². The van der Waals surface area contributed by atoms with E-state index in [9.17, 15) is 9.59 Å². The highest BCUT2D eigenvalue weighted by Gasteiger charge is 2.50. The molecule has 18 heavy (non-hydrogen) atoms. The summed E-state index contributed by atoms with van der Waals surface area (Å²) in [4.78, 5) is 27.3. The zero-order valence-electron chi connectivity index (χ0n) is 10.8. The molecule has 2 heterocycles. The molecule has 0 aromatic rings. The lowest BCUT2D eigenvalue weighted by Gasteiger charge is -2.51. The molecule has 0 saturated carbocycles. The molecule has 0 aromatic carbocycles. The Kier molecular flexibility index (Phi) is 3.84. The molecule has 3 N–H and O–H groups in total. The predicted molar refractivity (Wildman–Crippen MR) is 70.6 cm³/mol. The number of carbonyl (C=O) groups is 2. The van der Waals surface area contributed by atoms with Crippen LogP contribution in [0.1, 0.15) is 20.3 Å². The van der Waals surface area contributed by atoms with Gasteiger partial charge >= 0.3 is 0 Å². The summed E-state index contributed by atoms with van der Waals surface area (Å²) in [6.07, 6.45) is 0.895. The Hall–Kier alpha value is -0.790. The third-order valence-corrected chi connectivity index (χ3v) is 5.54. The number of nitrogens with two attached hydrogens (primary N) is 1. The number of rotatable bonds is 3. The van der Waals surface area contributed by atoms with Gasteiger partial charge in [-0.05, 0) is 13.3 Å². The van der Waals surface area contributed by atoms with Crippen molar-refractivity contribution < 1.29 is 9.59 Å². The van der Waals surface area contributed by atoms with Crippen LogP contribution in [0.25, 0.3) is 0 Å². The van der Waals surface area contributed by atoms with Gasteiger partial charge in [-0.25, -0.2) is 5.84 Å². The fraction of sp³-hybridized carbons (Fsp3) is 0.818. The molecular formula is C11H20N4O2S. The maximum Gasteiger partial charge on any atom is 0.248 e. The fourth-order valence-electron chi connectivity index (χ4n) is 2.73. The monoisotopic (exact) mass is 272 g/mol. The van der Waals surface area contributed by atoms with Gasteiger partial charge in [0.2, 0.25) is 11.8 Å². The number of hydrogen-bond acceptors (Lipinski definition) is 5. The van der Waals surface area contributed by atoms with Crippen molar-refractivity contribution in [1.29, 1.82) is 0 Å². The molecule has 2 fully saturated rings. The van der Waals surface area contributed by atoms with Crippen LogP contribution in [-0.2, 0) is 9.59 Å². The van der Waals surface area contributed by atoms with Crippen molar-refractivity contribution in [2.45, 2.75) is 31.2 Å². The van der Waals surface area contributed by atoms with Gasteiger partial charge in [0.25, 0.3) is 0 Å². The second kappa shape index (κ2) is 5.07. The van der Waals surface area contributed by atoms with Gasteiger partial charge in [-0.15, -0.1) is 11.8 Å². The summed E-state index contributed by atoms with van der Waals surface area (Å²) in [6.45, 7) is 5.93. The van der Waals surface area contributed by atoms with Crippen molar-refractivity contribution in [3.63, 3.8) is 0 Å². The highest BCUT2D eigenvalue weighted by molar-refractivity contribution is 8.01. The molecule has 2 amide bonds. The second-order valence-corrected chi connectivity index (χ2v) is 6.02. The lowest BCUT2D eigenvalue weighted by Crippen LogP contribution is -2.65. The van der Waals surface area contributed by atoms with Gasteiger partial charge in [0.15, 0.2) is 0 Å². The molecule has 2 atom stereocenters. The minimum Gasteiger partial charge on any atom is -0.327 e. The van der Waals surface area contributed by atoms with Crippen molar-refractivity contribution in [3.8, 4) is 0 Å². The highest BCUT2D eigenvalue weighted by Crippen LogP contribution is 2.41. The number of amides is 2. The lowest BCUT2D eigenvalue weighted by molar-refractivity contribution is -0.135. The maximum absolute atomic E-state index is 11.8. The number of nitrogens with zero attached hydrogens (tertiary/aromatic N) is 2. The molecule has 0 aliphatic carbocycles. The Bertz CT molecular complexity index is 365. The van der Waals surface area contributed by atoms with Crippen LogP contribution >= 0.6 is 11.8 Å². The molecule has 2 aliphatic rings. The first kappa shape index (κ1) is 13.6. The van der Waals surface area contributed by atoms with Crippen molar-refractivity contribution in [2.24, 2.45) is 5.84 Å².